The van der Waals surface area contributed by atoms with Crippen molar-refractivity contribution in [3.05, 3.63) is 101 Å². The van der Waals surface area contributed by atoms with Crippen molar-refractivity contribution in [2.45, 2.75) is 31.9 Å². The maximum Gasteiger partial charge on any atom is 0.333 e. The number of benzene rings is 3. The Bertz CT molecular complexity index is 1230. The summed E-state index contributed by atoms with van der Waals surface area (Å²) in [6.07, 6.45) is 1.63. The molecule has 3 saturated heterocycles. The number of quaternary nitrogens is 1. The van der Waals surface area contributed by atoms with Crippen molar-refractivity contribution in [3.8, 4) is 0 Å². The summed E-state index contributed by atoms with van der Waals surface area (Å²) in [5.74, 6) is -0.277. The van der Waals surface area contributed by atoms with Crippen molar-refractivity contribution in [2.24, 2.45) is 5.92 Å². The molecule has 194 valence electrons. The van der Waals surface area contributed by atoms with Gasteiger partial charge in [0.25, 0.3) is 0 Å². The van der Waals surface area contributed by atoms with E-state index < -0.39 is 6.04 Å². The second-order valence-electron chi connectivity index (χ2n) is 10.2. The monoisotopic (exact) mass is 566 g/mol. The third-order valence-electron chi connectivity index (χ3n) is 7.74. The minimum absolute atomic E-state index is 0. The Hall–Kier alpha value is -3.03. The van der Waals surface area contributed by atoms with Crippen molar-refractivity contribution >= 4 is 17.4 Å². The molecule has 37 heavy (non-hydrogen) atoms. The second kappa shape index (κ2) is 11.6. The van der Waals surface area contributed by atoms with Crippen LogP contribution in [0.1, 0.15) is 40.4 Å². The Kier molecular flexibility index (Phi) is 8.45. The van der Waals surface area contributed by atoms with Crippen LogP contribution in [0.5, 0.6) is 0 Å². The van der Waals surface area contributed by atoms with E-state index in [9.17, 15) is 14.0 Å². The fourth-order valence-corrected chi connectivity index (χ4v) is 5.59. The topological polar surface area (TPSA) is 55.4 Å². The number of carbonyl (C=O) groups excluding carboxylic acids is 2. The lowest BCUT2D eigenvalue weighted by Crippen LogP contribution is -3.00. The zero-order valence-electron chi connectivity index (χ0n) is 20.9. The van der Waals surface area contributed by atoms with Crippen LogP contribution in [0.3, 0.4) is 0 Å². The van der Waals surface area contributed by atoms with Gasteiger partial charge in [-0.2, -0.15) is 0 Å². The number of nitrogens with zero attached hydrogens (tertiary/aromatic N) is 1. The fraction of sp³-hybridized carbons (Fsp3) is 0.333. The summed E-state index contributed by atoms with van der Waals surface area (Å²) in [6.45, 7) is 4.64. The Balaban J connectivity index is 0.00000320. The van der Waals surface area contributed by atoms with E-state index in [1.807, 2.05) is 60.7 Å². The van der Waals surface area contributed by atoms with Gasteiger partial charge in [-0.25, -0.2) is 9.18 Å². The number of esters is 1. The van der Waals surface area contributed by atoms with Gasteiger partial charge in [-0.05, 0) is 30.2 Å². The first-order chi connectivity index (χ1) is 17.4. The van der Waals surface area contributed by atoms with Gasteiger partial charge in [-0.15, -0.1) is 0 Å². The zero-order valence-corrected chi connectivity index (χ0v) is 22.5. The number of rotatable bonds is 8. The van der Waals surface area contributed by atoms with Gasteiger partial charge in [-0.3, -0.25) is 4.79 Å². The molecule has 3 heterocycles. The number of Topliss-reactive ketones (excluding diaryl/α,β-unsaturated/α-hetero) is 1. The van der Waals surface area contributed by atoms with Gasteiger partial charge in [0, 0.05) is 30.0 Å². The lowest BCUT2D eigenvalue weighted by atomic mass is 9.82. The average molecular weight is 567 g/mol. The van der Waals surface area contributed by atoms with Crippen LogP contribution >= 0.6 is 0 Å². The highest BCUT2D eigenvalue weighted by atomic mass is 79.9. The Labute approximate surface area is 228 Å². The summed E-state index contributed by atoms with van der Waals surface area (Å²) in [5, 5.41) is 3.19. The molecule has 5 nitrogen and oxygen atoms in total. The van der Waals surface area contributed by atoms with Crippen molar-refractivity contribution in [3.63, 3.8) is 0 Å². The molecule has 0 aromatic heterocycles. The van der Waals surface area contributed by atoms with Crippen LogP contribution in [0.4, 0.5) is 10.1 Å². The van der Waals surface area contributed by atoms with Gasteiger partial charge in [0.15, 0.2) is 12.1 Å². The SMILES string of the molecule is Cc1ccc(NC(C(=O)O[C@H]2C[N+]3(CC(=O)c4ccccc4)CCC2CC3)c2ccccc2)cc1F.[Br-]. The smallest absolute Gasteiger partial charge is 0.333 e. The molecule has 0 amide bonds. The average Bonchev–Trinajstić information content (AvgIpc) is 2.90. The number of aryl methyl sites for hydroxylation is 1. The number of hydrogen-bond donors (Lipinski definition) is 1. The minimum atomic E-state index is -0.761. The molecule has 3 aliphatic rings. The number of carbonyl (C=O) groups is 2. The standard InChI is InChI=1S/C30H32FN2O3.BrH/c1-21-12-13-25(18-26(21)31)32-29(24-10-6-3-7-11-24)30(35)36-28-20-33(16-14-23(28)15-17-33)19-27(34)22-8-4-2-5-9-22;/h2-13,18,23,28-29,32H,14-17,19-20H2,1H3;1H/q+1;/p-1/t23?,28-,29?,33?;/m0./s1. The number of nitrogens with one attached hydrogen (secondary N) is 1. The van der Waals surface area contributed by atoms with E-state index in [1.54, 1.807) is 19.1 Å². The summed E-state index contributed by atoms with van der Waals surface area (Å²) in [6, 6.07) is 22.9. The number of ether oxygens (including phenoxy) is 1. The van der Waals surface area contributed by atoms with E-state index >= 15 is 0 Å². The molecule has 7 heteroatoms. The molecule has 1 N–H and O–H groups in total. The third-order valence-corrected chi connectivity index (χ3v) is 7.74. The van der Waals surface area contributed by atoms with Crippen molar-refractivity contribution < 1.29 is 40.2 Å². The van der Waals surface area contributed by atoms with E-state index in [-0.39, 0.29) is 40.7 Å². The van der Waals surface area contributed by atoms with Crippen LogP contribution in [0.25, 0.3) is 0 Å². The van der Waals surface area contributed by atoms with E-state index in [1.165, 1.54) is 6.07 Å². The number of piperidine rings is 3. The molecule has 3 fully saturated rings. The summed E-state index contributed by atoms with van der Waals surface area (Å²) >= 11 is 0. The molecule has 1 unspecified atom stereocenters. The summed E-state index contributed by atoms with van der Waals surface area (Å²) in [5.41, 5.74) is 2.55. The van der Waals surface area contributed by atoms with Crippen LogP contribution < -0.4 is 22.3 Å². The number of halogens is 2. The zero-order chi connectivity index (χ0) is 25.1. The highest BCUT2D eigenvalue weighted by Crippen LogP contribution is 2.37. The fourth-order valence-electron chi connectivity index (χ4n) is 5.59. The van der Waals surface area contributed by atoms with E-state index in [0.717, 1.165) is 37.1 Å². The first-order valence-electron chi connectivity index (χ1n) is 12.6. The predicted molar refractivity (Wildman–Crippen MR) is 137 cm³/mol. The van der Waals surface area contributed by atoms with Gasteiger partial charge in [0.1, 0.15) is 18.9 Å². The highest BCUT2D eigenvalue weighted by Gasteiger charge is 2.49. The number of hydrogen-bond acceptors (Lipinski definition) is 4. The van der Waals surface area contributed by atoms with E-state index in [4.69, 9.17) is 4.74 Å². The molecular weight excluding hydrogens is 535 g/mol. The molecule has 2 atom stereocenters. The molecular formula is C30H32BrFN2O3. The maximum atomic E-state index is 14.2. The normalized spacial score (nSPS) is 23.0. The molecule has 0 saturated carbocycles. The predicted octanol–water partition coefficient (Wildman–Crippen LogP) is 2.33. The Morgan fingerprint density at radius 2 is 1.65 bits per heavy atom. The number of fused-ring (bicyclic) bond motifs is 3. The molecule has 0 radical (unpaired) electrons. The van der Waals surface area contributed by atoms with Crippen LogP contribution in [0.2, 0.25) is 0 Å². The summed E-state index contributed by atoms with van der Waals surface area (Å²) < 4.78 is 21.0. The van der Waals surface area contributed by atoms with Crippen LogP contribution in [0.15, 0.2) is 78.9 Å². The first kappa shape index (κ1) is 27.0. The largest absolute Gasteiger partial charge is 1.00 e. The quantitative estimate of drug-likeness (QED) is 0.258. The van der Waals surface area contributed by atoms with E-state index in [0.29, 0.717) is 34.7 Å². The molecule has 2 bridgehead atoms. The van der Waals surface area contributed by atoms with Gasteiger partial charge >= 0.3 is 5.97 Å². The van der Waals surface area contributed by atoms with Gasteiger partial charge in [-0.1, -0.05) is 66.7 Å². The molecule has 3 aromatic rings. The van der Waals surface area contributed by atoms with E-state index in [2.05, 4.69) is 5.32 Å². The van der Waals surface area contributed by atoms with Crippen molar-refractivity contribution in [1.82, 2.24) is 0 Å². The van der Waals surface area contributed by atoms with Crippen molar-refractivity contribution in [2.75, 3.05) is 31.5 Å². The Morgan fingerprint density at radius 1 is 1.00 bits per heavy atom. The van der Waals surface area contributed by atoms with Crippen LogP contribution in [-0.2, 0) is 9.53 Å². The number of anilines is 1. The minimum Gasteiger partial charge on any atom is -1.00 e. The van der Waals surface area contributed by atoms with Gasteiger partial charge in [0.2, 0.25) is 5.78 Å². The molecule has 3 aliphatic heterocycles. The second-order valence-corrected chi connectivity index (χ2v) is 10.2. The summed E-state index contributed by atoms with van der Waals surface area (Å²) in [4.78, 5) is 26.5. The van der Waals surface area contributed by atoms with Gasteiger partial charge < -0.3 is 31.5 Å². The summed E-state index contributed by atoms with van der Waals surface area (Å²) in [7, 11) is 0. The highest BCUT2D eigenvalue weighted by molar-refractivity contribution is 5.97. The molecule has 6 rings (SSSR count). The maximum absolute atomic E-state index is 14.2. The first-order valence-corrected chi connectivity index (χ1v) is 12.6. The van der Waals surface area contributed by atoms with Gasteiger partial charge in [0.05, 0.1) is 13.1 Å². The van der Waals surface area contributed by atoms with Crippen LogP contribution in [0, 0.1) is 18.7 Å². The lowest BCUT2D eigenvalue weighted by molar-refractivity contribution is -0.938. The molecule has 3 aromatic carbocycles. The Morgan fingerprint density at radius 3 is 2.30 bits per heavy atom. The molecule has 0 aliphatic carbocycles. The number of ketones is 1. The van der Waals surface area contributed by atoms with Crippen LogP contribution in [-0.4, -0.2) is 48.5 Å². The van der Waals surface area contributed by atoms with Crippen molar-refractivity contribution in [1.29, 1.82) is 0 Å². The lowest BCUT2D eigenvalue weighted by Gasteiger charge is -2.51. The molecule has 0 spiro atoms. The third kappa shape index (κ3) is 6.11.